The molecule has 1 saturated heterocycles. The van der Waals surface area contributed by atoms with Gasteiger partial charge in [-0.3, -0.25) is 4.90 Å². The Kier molecular flexibility index (Phi) is 6.79. The van der Waals surface area contributed by atoms with Gasteiger partial charge in [-0.05, 0) is 53.1 Å². The Morgan fingerprint density at radius 1 is 0.882 bits per heavy atom. The Morgan fingerprint density at radius 2 is 1.59 bits per heavy atom. The first-order valence-corrected chi connectivity index (χ1v) is 11.5. The van der Waals surface area contributed by atoms with Crippen LogP contribution in [0.5, 0.6) is 17.2 Å². The molecule has 1 fully saturated rings. The van der Waals surface area contributed by atoms with Crippen molar-refractivity contribution in [1.82, 2.24) is 4.90 Å². The number of morpholine rings is 1. The van der Waals surface area contributed by atoms with Gasteiger partial charge in [0.1, 0.15) is 36.3 Å². The van der Waals surface area contributed by atoms with Crippen LogP contribution in [0.25, 0.3) is 11.1 Å². The van der Waals surface area contributed by atoms with E-state index in [4.69, 9.17) is 18.9 Å². The summed E-state index contributed by atoms with van der Waals surface area (Å²) in [5.74, 6) is 2.09. The van der Waals surface area contributed by atoms with Crippen LogP contribution < -0.4 is 14.2 Å². The van der Waals surface area contributed by atoms with Gasteiger partial charge in [-0.15, -0.1) is 0 Å². The van der Waals surface area contributed by atoms with Crippen molar-refractivity contribution in [3.8, 4) is 17.2 Å². The molecule has 176 valence electrons. The number of ether oxygens (including phenoxy) is 4. The third kappa shape index (κ3) is 4.93. The van der Waals surface area contributed by atoms with E-state index in [-0.39, 0.29) is 5.82 Å². The predicted octanol–water partition coefficient (Wildman–Crippen LogP) is 4.90. The summed E-state index contributed by atoms with van der Waals surface area (Å²) in [6.45, 7) is 5.40. The van der Waals surface area contributed by atoms with Gasteiger partial charge in [0.05, 0.1) is 20.3 Å². The van der Waals surface area contributed by atoms with E-state index in [0.717, 1.165) is 77.9 Å². The number of methoxy groups -OCH3 is 1. The maximum Gasteiger partial charge on any atom is 0.131 e. The van der Waals surface area contributed by atoms with E-state index in [2.05, 4.69) is 17.0 Å². The lowest BCUT2D eigenvalue weighted by Crippen LogP contribution is -2.38. The Balaban J connectivity index is 1.42. The van der Waals surface area contributed by atoms with Crippen LogP contribution in [0.15, 0.2) is 66.7 Å². The zero-order valence-corrected chi connectivity index (χ0v) is 19.3. The minimum absolute atomic E-state index is 0.258. The van der Waals surface area contributed by atoms with Crippen LogP contribution in [0.3, 0.4) is 0 Å². The minimum Gasteiger partial charge on any atom is -0.497 e. The standard InChI is InChI=1S/C28H28FNO4/c1-31-24-10-11-25-27(18-24)34-19-26(20-2-6-22(29)7-3-20)28(25)21-4-8-23(9-5-21)33-17-14-30-12-15-32-16-13-30/h2-11,18H,12-17,19H2,1H3. The summed E-state index contributed by atoms with van der Waals surface area (Å²) in [5.41, 5.74) is 5.04. The van der Waals surface area contributed by atoms with E-state index in [1.165, 1.54) is 12.1 Å². The monoisotopic (exact) mass is 461 g/mol. The quantitative estimate of drug-likeness (QED) is 0.501. The van der Waals surface area contributed by atoms with Crippen LogP contribution in [-0.2, 0) is 4.74 Å². The van der Waals surface area contributed by atoms with Gasteiger partial charge in [0.25, 0.3) is 0 Å². The SMILES string of the molecule is COc1ccc2c(c1)OCC(c1ccc(F)cc1)=C2c1ccc(OCCN2CCOCC2)cc1. The summed E-state index contributed by atoms with van der Waals surface area (Å²) in [6.07, 6.45) is 0. The van der Waals surface area contributed by atoms with Gasteiger partial charge in [0.2, 0.25) is 0 Å². The van der Waals surface area contributed by atoms with Crippen molar-refractivity contribution < 1.29 is 23.3 Å². The molecule has 0 N–H and O–H groups in total. The molecule has 34 heavy (non-hydrogen) atoms. The van der Waals surface area contributed by atoms with Crippen molar-refractivity contribution in [3.05, 3.63) is 89.2 Å². The molecule has 0 atom stereocenters. The molecule has 0 spiro atoms. The van der Waals surface area contributed by atoms with E-state index >= 15 is 0 Å². The van der Waals surface area contributed by atoms with Gasteiger partial charge in [-0.2, -0.15) is 0 Å². The second kappa shape index (κ2) is 10.3. The molecule has 2 heterocycles. The number of hydrogen-bond donors (Lipinski definition) is 0. The molecule has 0 aromatic heterocycles. The molecule has 5 rings (SSSR count). The van der Waals surface area contributed by atoms with E-state index in [0.29, 0.717) is 13.2 Å². The summed E-state index contributed by atoms with van der Waals surface area (Å²) in [5, 5.41) is 0. The van der Waals surface area contributed by atoms with Crippen molar-refractivity contribution in [3.63, 3.8) is 0 Å². The summed E-state index contributed by atoms with van der Waals surface area (Å²) < 4.78 is 36.4. The fourth-order valence-corrected chi connectivity index (χ4v) is 4.38. The van der Waals surface area contributed by atoms with Crippen molar-refractivity contribution in [2.24, 2.45) is 0 Å². The van der Waals surface area contributed by atoms with Gasteiger partial charge in [0, 0.05) is 36.8 Å². The highest BCUT2D eigenvalue weighted by Crippen LogP contribution is 2.42. The van der Waals surface area contributed by atoms with Gasteiger partial charge < -0.3 is 18.9 Å². The first-order valence-electron chi connectivity index (χ1n) is 11.5. The average molecular weight is 462 g/mol. The Morgan fingerprint density at radius 3 is 2.32 bits per heavy atom. The van der Waals surface area contributed by atoms with E-state index in [9.17, 15) is 4.39 Å². The lowest BCUT2D eigenvalue weighted by molar-refractivity contribution is 0.0322. The first-order chi connectivity index (χ1) is 16.7. The highest BCUT2D eigenvalue weighted by molar-refractivity contribution is 6.01. The summed E-state index contributed by atoms with van der Waals surface area (Å²) in [6, 6.07) is 20.6. The molecule has 0 aliphatic carbocycles. The van der Waals surface area contributed by atoms with Gasteiger partial charge in [0.15, 0.2) is 0 Å². The van der Waals surface area contributed by atoms with Gasteiger partial charge >= 0.3 is 0 Å². The highest BCUT2D eigenvalue weighted by Gasteiger charge is 2.23. The van der Waals surface area contributed by atoms with Crippen molar-refractivity contribution in [1.29, 1.82) is 0 Å². The number of halogens is 1. The molecule has 2 aliphatic rings. The number of nitrogens with zero attached hydrogens (tertiary/aromatic N) is 1. The van der Waals surface area contributed by atoms with Crippen molar-refractivity contribution >= 4 is 11.1 Å². The molecule has 6 heteroatoms. The Bertz CT molecular complexity index is 1150. The van der Waals surface area contributed by atoms with E-state index in [1.807, 2.05) is 30.3 Å². The van der Waals surface area contributed by atoms with Crippen LogP contribution in [0.2, 0.25) is 0 Å². The van der Waals surface area contributed by atoms with Crippen LogP contribution in [0.1, 0.15) is 16.7 Å². The van der Waals surface area contributed by atoms with E-state index < -0.39 is 0 Å². The zero-order valence-electron chi connectivity index (χ0n) is 19.3. The second-order valence-electron chi connectivity index (χ2n) is 8.34. The van der Waals surface area contributed by atoms with Crippen LogP contribution in [0.4, 0.5) is 4.39 Å². The Hall–Kier alpha value is -3.35. The normalized spacial score (nSPS) is 16.1. The van der Waals surface area contributed by atoms with Crippen molar-refractivity contribution in [2.45, 2.75) is 0 Å². The number of hydrogen-bond acceptors (Lipinski definition) is 5. The second-order valence-corrected chi connectivity index (χ2v) is 8.34. The molecule has 0 amide bonds. The maximum absolute atomic E-state index is 13.6. The third-order valence-corrected chi connectivity index (χ3v) is 6.25. The molecular formula is C28H28FNO4. The lowest BCUT2D eigenvalue weighted by atomic mass is 9.87. The van der Waals surface area contributed by atoms with E-state index in [1.54, 1.807) is 19.2 Å². The highest BCUT2D eigenvalue weighted by atomic mass is 19.1. The van der Waals surface area contributed by atoms with Gasteiger partial charge in [-0.25, -0.2) is 4.39 Å². The molecule has 5 nitrogen and oxygen atoms in total. The molecule has 3 aromatic rings. The number of benzene rings is 3. The minimum atomic E-state index is -0.258. The van der Waals surface area contributed by atoms with Gasteiger partial charge in [-0.1, -0.05) is 24.3 Å². The molecule has 0 saturated carbocycles. The fourth-order valence-electron chi connectivity index (χ4n) is 4.38. The molecule has 0 radical (unpaired) electrons. The summed E-state index contributed by atoms with van der Waals surface area (Å²) >= 11 is 0. The van der Waals surface area contributed by atoms with Crippen molar-refractivity contribution in [2.75, 3.05) is 53.2 Å². The van der Waals surface area contributed by atoms with Crippen LogP contribution >= 0.6 is 0 Å². The molecule has 0 unspecified atom stereocenters. The summed E-state index contributed by atoms with van der Waals surface area (Å²) in [7, 11) is 1.64. The molecular weight excluding hydrogens is 433 g/mol. The zero-order chi connectivity index (χ0) is 23.3. The maximum atomic E-state index is 13.6. The predicted molar refractivity (Wildman–Crippen MR) is 130 cm³/mol. The molecule has 3 aromatic carbocycles. The lowest BCUT2D eigenvalue weighted by Gasteiger charge is -2.26. The third-order valence-electron chi connectivity index (χ3n) is 6.25. The largest absolute Gasteiger partial charge is 0.497 e. The molecule has 0 bridgehead atoms. The Labute approximate surface area is 199 Å². The van der Waals surface area contributed by atoms with Crippen LogP contribution in [-0.4, -0.2) is 58.1 Å². The average Bonchev–Trinajstić information content (AvgIpc) is 2.89. The van der Waals surface area contributed by atoms with Crippen LogP contribution in [0, 0.1) is 5.82 Å². The first kappa shape index (κ1) is 22.4. The fraction of sp³-hybridized carbons (Fsp3) is 0.286. The molecule has 2 aliphatic heterocycles. The number of rotatable bonds is 7. The smallest absolute Gasteiger partial charge is 0.131 e. The topological polar surface area (TPSA) is 40.2 Å². The number of fused-ring (bicyclic) bond motifs is 1. The summed E-state index contributed by atoms with van der Waals surface area (Å²) in [4.78, 5) is 2.35.